The van der Waals surface area contributed by atoms with Crippen LogP contribution in [0.5, 0.6) is 0 Å². The summed E-state index contributed by atoms with van der Waals surface area (Å²) in [6.07, 6.45) is 1.59. The number of hydrogen-bond acceptors (Lipinski definition) is 4. The zero-order valence-corrected chi connectivity index (χ0v) is 9.43. The summed E-state index contributed by atoms with van der Waals surface area (Å²) >= 11 is 0. The smallest absolute Gasteiger partial charge is 0.165 e. The fourth-order valence-corrected chi connectivity index (χ4v) is 1.55. The van der Waals surface area contributed by atoms with Gasteiger partial charge in [-0.15, -0.1) is 10.2 Å². The van der Waals surface area contributed by atoms with Crippen molar-refractivity contribution in [2.45, 2.75) is 6.54 Å². The van der Waals surface area contributed by atoms with Crippen LogP contribution in [0.3, 0.4) is 0 Å². The van der Waals surface area contributed by atoms with Gasteiger partial charge in [-0.1, -0.05) is 0 Å². The van der Waals surface area contributed by atoms with Crippen LogP contribution < -0.4 is 5.73 Å². The third kappa shape index (κ3) is 2.42. The molecule has 17 heavy (non-hydrogen) atoms. The van der Waals surface area contributed by atoms with Crippen molar-refractivity contribution in [1.82, 2.24) is 14.8 Å². The Kier molecular flexibility index (Phi) is 3.34. The van der Waals surface area contributed by atoms with Crippen molar-refractivity contribution in [1.29, 1.82) is 0 Å². The minimum Gasteiger partial charge on any atom is -0.398 e. The summed E-state index contributed by atoms with van der Waals surface area (Å²) in [4.78, 5) is 0. The third-order valence-corrected chi connectivity index (χ3v) is 2.41. The number of nitrogens with zero attached hydrogens (tertiary/aromatic N) is 3. The first kappa shape index (κ1) is 11.5. The van der Waals surface area contributed by atoms with Gasteiger partial charge in [0.15, 0.2) is 5.82 Å². The maximum absolute atomic E-state index is 12.9. The second-order valence-electron chi connectivity index (χ2n) is 3.57. The first-order valence-electron chi connectivity index (χ1n) is 5.14. The van der Waals surface area contributed by atoms with Gasteiger partial charge in [-0.25, -0.2) is 4.39 Å². The Morgan fingerprint density at radius 1 is 1.47 bits per heavy atom. The Morgan fingerprint density at radius 2 is 2.29 bits per heavy atom. The molecule has 0 fully saturated rings. The molecular weight excluding hydrogens is 223 g/mol. The average Bonchev–Trinajstić information content (AvgIpc) is 2.74. The SMILES string of the molecule is COCCn1cnnc1-c1ccc(F)cc1N. The lowest BCUT2D eigenvalue weighted by atomic mass is 10.1. The molecule has 2 aromatic rings. The van der Waals surface area contributed by atoms with E-state index in [9.17, 15) is 4.39 Å². The molecule has 1 aromatic carbocycles. The van der Waals surface area contributed by atoms with Crippen molar-refractivity contribution >= 4 is 5.69 Å². The van der Waals surface area contributed by atoms with Gasteiger partial charge < -0.3 is 15.0 Å². The van der Waals surface area contributed by atoms with E-state index in [0.717, 1.165) is 0 Å². The van der Waals surface area contributed by atoms with E-state index in [0.29, 0.717) is 30.2 Å². The monoisotopic (exact) mass is 236 g/mol. The van der Waals surface area contributed by atoms with Crippen LogP contribution in [0.1, 0.15) is 0 Å². The summed E-state index contributed by atoms with van der Waals surface area (Å²) in [7, 11) is 1.62. The zero-order chi connectivity index (χ0) is 12.3. The first-order chi connectivity index (χ1) is 8.22. The highest BCUT2D eigenvalue weighted by Gasteiger charge is 2.10. The molecule has 2 N–H and O–H groups in total. The first-order valence-corrected chi connectivity index (χ1v) is 5.14. The molecule has 0 amide bonds. The van der Waals surface area contributed by atoms with E-state index in [1.165, 1.54) is 12.1 Å². The second kappa shape index (κ2) is 4.92. The molecule has 0 aliphatic rings. The Bertz CT molecular complexity index is 512. The average molecular weight is 236 g/mol. The standard InChI is InChI=1S/C11H13FN4O/c1-17-5-4-16-7-14-15-11(16)9-3-2-8(12)6-10(9)13/h2-3,6-7H,4-5,13H2,1H3. The van der Waals surface area contributed by atoms with Crippen molar-refractivity contribution in [3.63, 3.8) is 0 Å². The summed E-state index contributed by atoms with van der Waals surface area (Å²) in [5, 5.41) is 7.81. The molecule has 0 aliphatic carbocycles. The lowest BCUT2D eigenvalue weighted by Crippen LogP contribution is -2.06. The van der Waals surface area contributed by atoms with E-state index in [1.54, 1.807) is 19.5 Å². The van der Waals surface area contributed by atoms with E-state index in [4.69, 9.17) is 10.5 Å². The Balaban J connectivity index is 2.35. The van der Waals surface area contributed by atoms with Crippen LogP contribution >= 0.6 is 0 Å². The maximum atomic E-state index is 12.9. The summed E-state index contributed by atoms with van der Waals surface area (Å²) in [5.41, 5.74) is 6.77. The third-order valence-electron chi connectivity index (χ3n) is 2.41. The number of nitrogen functional groups attached to an aromatic ring is 1. The van der Waals surface area contributed by atoms with Crippen LogP contribution in [-0.2, 0) is 11.3 Å². The molecule has 5 nitrogen and oxygen atoms in total. The number of nitrogens with two attached hydrogens (primary N) is 1. The van der Waals surface area contributed by atoms with Crippen LogP contribution in [0.4, 0.5) is 10.1 Å². The van der Waals surface area contributed by atoms with E-state index >= 15 is 0 Å². The van der Waals surface area contributed by atoms with Gasteiger partial charge in [0.25, 0.3) is 0 Å². The van der Waals surface area contributed by atoms with Crippen molar-refractivity contribution in [2.24, 2.45) is 0 Å². The van der Waals surface area contributed by atoms with Gasteiger partial charge >= 0.3 is 0 Å². The highest BCUT2D eigenvalue weighted by molar-refractivity contribution is 5.71. The quantitative estimate of drug-likeness (QED) is 0.813. The van der Waals surface area contributed by atoms with Crippen LogP contribution in [0.25, 0.3) is 11.4 Å². The Hall–Kier alpha value is -1.95. The van der Waals surface area contributed by atoms with Gasteiger partial charge in [-0.05, 0) is 18.2 Å². The molecule has 0 spiro atoms. The minimum atomic E-state index is -0.366. The number of halogens is 1. The summed E-state index contributed by atoms with van der Waals surface area (Å²) < 4.78 is 19.7. The van der Waals surface area contributed by atoms with Gasteiger partial charge in [0, 0.05) is 24.9 Å². The number of hydrogen-bond donors (Lipinski definition) is 1. The minimum absolute atomic E-state index is 0.344. The molecule has 90 valence electrons. The molecule has 0 unspecified atom stereocenters. The van der Waals surface area contributed by atoms with Gasteiger partial charge in [0.05, 0.1) is 6.61 Å². The molecule has 0 aliphatic heterocycles. The van der Waals surface area contributed by atoms with Crippen molar-refractivity contribution in [3.05, 3.63) is 30.3 Å². The highest BCUT2D eigenvalue weighted by Crippen LogP contribution is 2.24. The normalized spacial score (nSPS) is 10.7. The molecule has 2 rings (SSSR count). The molecule has 0 saturated carbocycles. The van der Waals surface area contributed by atoms with Gasteiger partial charge in [0.1, 0.15) is 12.1 Å². The summed E-state index contributed by atoms with van der Waals surface area (Å²) in [6.45, 7) is 1.17. The van der Waals surface area contributed by atoms with Crippen molar-refractivity contribution < 1.29 is 9.13 Å². The van der Waals surface area contributed by atoms with Crippen LogP contribution in [-0.4, -0.2) is 28.5 Å². The fourth-order valence-electron chi connectivity index (χ4n) is 1.55. The summed E-state index contributed by atoms with van der Waals surface area (Å²) in [6, 6.07) is 4.21. The number of ether oxygens (including phenoxy) is 1. The zero-order valence-electron chi connectivity index (χ0n) is 9.43. The van der Waals surface area contributed by atoms with Crippen LogP contribution in [0.15, 0.2) is 24.5 Å². The molecule has 0 radical (unpaired) electrons. The van der Waals surface area contributed by atoms with Crippen LogP contribution in [0.2, 0.25) is 0 Å². The molecule has 0 atom stereocenters. The fraction of sp³-hybridized carbons (Fsp3) is 0.273. The predicted octanol–water partition coefficient (Wildman–Crippen LogP) is 1.31. The largest absolute Gasteiger partial charge is 0.398 e. The number of benzene rings is 1. The van der Waals surface area contributed by atoms with E-state index < -0.39 is 0 Å². The van der Waals surface area contributed by atoms with Crippen molar-refractivity contribution in [2.75, 3.05) is 19.5 Å². The van der Waals surface area contributed by atoms with Crippen molar-refractivity contribution in [3.8, 4) is 11.4 Å². The Labute approximate surface area is 98.0 Å². The van der Waals surface area contributed by atoms with Gasteiger partial charge in [-0.2, -0.15) is 0 Å². The number of anilines is 1. The Morgan fingerprint density at radius 3 is 3.00 bits per heavy atom. The molecule has 0 bridgehead atoms. The predicted molar refractivity (Wildman–Crippen MR) is 61.7 cm³/mol. The number of rotatable bonds is 4. The van der Waals surface area contributed by atoms with Gasteiger partial charge in [-0.3, -0.25) is 0 Å². The summed E-state index contributed by atoms with van der Waals surface area (Å²) in [5.74, 6) is 0.244. The lowest BCUT2D eigenvalue weighted by molar-refractivity contribution is 0.187. The number of methoxy groups -OCH3 is 1. The molecular formula is C11H13FN4O. The molecule has 6 heteroatoms. The van der Waals surface area contributed by atoms with Crippen LogP contribution in [0, 0.1) is 5.82 Å². The highest BCUT2D eigenvalue weighted by atomic mass is 19.1. The topological polar surface area (TPSA) is 66.0 Å². The van der Waals surface area contributed by atoms with E-state index in [-0.39, 0.29) is 5.82 Å². The number of aromatic nitrogens is 3. The van der Waals surface area contributed by atoms with E-state index in [2.05, 4.69) is 10.2 Å². The molecule has 0 saturated heterocycles. The second-order valence-corrected chi connectivity index (χ2v) is 3.57. The van der Waals surface area contributed by atoms with E-state index in [1.807, 2.05) is 4.57 Å². The molecule has 1 aromatic heterocycles. The van der Waals surface area contributed by atoms with Gasteiger partial charge in [0.2, 0.25) is 0 Å². The molecule has 1 heterocycles. The maximum Gasteiger partial charge on any atom is 0.165 e. The lowest BCUT2D eigenvalue weighted by Gasteiger charge is -2.07.